The van der Waals surface area contributed by atoms with Crippen molar-refractivity contribution in [2.45, 2.75) is 5.25 Å². The van der Waals surface area contributed by atoms with Gasteiger partial charge in [0.2, 0.25) is 0 Å². The third-order valence-electron chi connectivity index (χ3n) is 1.54. The van der Waals surface area contributed by atoms with E-state index in [4.69, 9.17) is 17.3 Å². The molecule has 0 radical (unpaired) electrons. The van der Waals surface area contributed by atoms with Crippen LogP contribution in [-0.4, -0.2) is 21.2 Å². The lowest BCUT2D eigenvalue weighted by molar-refractivity contribution is -0.135. The zero-order valence-electron chi connectivity index (χ0n) is 6.68. The second kappa shape index (κ2) is 4.39. The average Bonchev–Trinajstić information content (AvgIpc) is 2.17. The Morgan fingerprint density at radius 1 is 1.38 bits per heavy atom. The predicted molar refractivity (Wildman–Crippen MR) is 58.6 cm³/mol. The minimum Gasteiger partial charge on any atom is -0.480 e. The molecule has 1 aromatic carbocycles. The highest BCUT2D eigenvalue weighted by molar-refractivity contribution is 7.87. The van der Waals surface area contributed by atoms with Crippen molar-refractivity contribution < 1.29 is 9.90 Å². The third kappa shape index (κ3) is 2.54. The van der Waals surface area contributed by atoms with Gasteiger partial charge in [-0.25, -0.2) is 0 Å². The summed E-state index contributed by atoms with van der Waals surface area (Å²) < 4.78 is 0. The number of benzene rings is 1. The standard InChI is InChI=1S/C9H8O2S2/c10-9(11)8(13)7(12)6-4-2-1-3-5-6/h1-5,8,13H,(H,10,11)/t8-/m0/s1. The Morgan fingerprint density at radius 2 is 1.92 bits per heavy atom. The second-order valence-corrected chi connectivity index (χ2v) is 3.43. The van der Waals surface area contributed by atoms with Gasteiger partial charge in [-0.2, -0.15) is 12.6 Å². The largest absolute Gasteiger partial charge is 0.480 e. The molecule has 0 fully saturated rings. The maximum atomic E-state index is 10.6. The average molecular weight is 212 g/mol. The first-order chi connectivity index (χ1) is 6.13. The highest BCUT2D eigenvalue weighted by atomic mass is 32.1. The maximum Gasteiger partial charge on any atom is 0.321 e. The Balaban J connectivity index is 2.86. The quantitative estimate of drug-likeness (QED) is 0.455. The molecule has 1 atom stereocenters. The van der Waals surface area contributed by atoms with E-state index in [0.29, 0.717) is 4.86 Å². The summed E-state index contributed by atoms with van der Waals surface area (Å²) in [6.07, 6.45) is 0. The number of carbonyl (C=O) groups is 1. The number of hydrogen-bond donors (Lipinski definition) is 2. The van der Waals surface area contributed by atoms with Crippen molar-refractivity contribution in [1.29, 1.82) is 0 Å². The van der Waals surface area contributed by atoms with Gasteiger partial charge in [0.05, 0.1) is 0 Å². The topological polar surface area (TPSA) is 37.3 Å². The molecular weight excluding hydrogens is 204 g/mol. The molecule has 0 saturated heterocycles. The van der Waals surface area contributed by atoms with Crippen LogP contribution < -0.4 is 0 Å². The molecule has 0 aliphatic rings. The highest BCUT2D eigenvalue weighted by Gasteiger charge is 2.18. The van der Waals surface area contributed by atoms with Crippen LogP contribution in [0.25, 0.3) is 0 Å². The Labute approximate surface area is 87.0 Å². The lowest BCUT2D eigenvalue weighted by Crippen LogP contribution is -2.23. The minimum absolute atomic E-state index is 0.344. The SMILES string of the molecule is O=C(O)[C@@H](S)C(=S)c1ccccc1. The molecule has 1 N–H and O–H groups in total. The number of thiocarbonyl (C=S) groups is 1. The number of carboxylic acid groups (broad SMARTS) is 1. The van der Waals surface area contributed by atoms with Gasteiger partial charge in [0.15, 0.2) is 0 Å². The van der Waals surface area contributed by atoms with Gasteiger partial charge in [-0.05, 0) is 5.56 Å². The fraction of sp³-hybridized carbons (Fsp3) is 0.111. The molecule has 0 saturated carbocycles. The molecule has 0 aliphatic heterocycles. The first-order valence-electron chi connectivity index (χ1n) is 3.63. The van der Waals surface area contributed by atoms with Crippen molar-refractivity contribution in [2.24, 2.45) is 0 Å². The zero-order chi connectivity index (χ0) is 9.84. The van der Waals surface area contributed by atoms with Gasteiger partial charge in [0, 0.05) is 4.86 Å². The summed E-state index contributed by atoms with van der Waals surface area (Å²) >= 11 is 8.85. The molecule has 2 nitrogen and oxygen atoms in total. The Bertz CT molecular complexity index is 322. The third-order valence-corrected chi connectivity index (χ3v) is 2.67. The van der Waals surface area contributed by atoms with E-state index in [0.717, 1.165) is 5.56 Å². The lowest BCUT2D eigenvalue weighted by atomic mass is 10.1. The highest BCUT2D eigenvalue weighted by Crippen LogP contribution is 2.09. The Morgan fingerprint density at radius 3 is 2.38 bits per heavy atom. The second-order valence-electron chi connectivity index (χ2n) is 2.47. The molecule has 0 aliphatic carbocycles. The van der Waals surface area contributed by atoms with E-state index in [-0.39, 0.29) is 0 Å². The molecule has 1 aromatic rings. The molecule has 4 heteroatoms. The summed E-state index contributed by atoms with van der Waals surface area (Å²) in [5.74, 6) is -1.02. The van der Waals surface area contributed by atoms with Gasteiger partial charge in [0.25, 0.3) is 0 Å². The smallest absolute Gasteiger partial charge is 0.321 e. The molecule has 13 heavy (non-hydrogen) atoms. The zero-order valence-corrected chi connectivity index (χ0v) is 8.39. The summed E-state index contributed by atoms with van der Waals surface area (Å²) in [5, 5.41) is 7.74. The van der Waals surface area contributed by atoms with Gasteiger partial charge in [0.1, 0.15) is 5.25 Å². The van der Waals surface area contributed by atoms with Crippen molar-refractivity contribution >= 4 is 35.7 Å². The van der Waals surface area contributed by atoms with Crippen LogP contribution in [0.4, 0.5) is 0 Å². The van der Waals surface area contributed by atoms with E-state index in [1.54, 1.807) is 12.1 Å². The molecule has 0 amide bonds. The van der Waals surface area contributed by atoms with Crippen molar-refractivity contribution in [3.05, 3.63) is 35.9 Å². The molecule has 0 heterocycles. The number of hydrogen-bond acceptors (Lipinski definition) is 3. The van der Waals surface area contributed by atoms with Crippen LogP contribution in [0, 0.1) is 0 Å². The fourth-order valence-corrected chi connectivity index (χ4v) is 1.26. The maximum absolute atomic E-state index is 10.6. The van der Waals surface area contributed by atoms with Crippen LogP contribution in [0.3, 0.4) is 0 Å². The van der Waals surface area contributed by atoms with Crippen LogP contribution in [0.15, 0.2) is 30.3 Å². The van der Waals surface area contributed by atoms with E-state index < -0.39 is 11.2 Å². The number of thiol groups is 1. The monoisotopic (exact) mass is 212 g/mol. The summed E-state index contributed by atoms with van der Waals surface area (Å²) in [6.45, 7) is 0. The summed E-state index contributed by atoms with van der Waals surface area (Å²) in [7, 11) is 0. The first kappa shape index (κ1) is 10.2. The van der Waals surface area contributed by atoms with Crippen molar-refractivity contribution in [3.8, 4) is 0 Å². The van der Waals surface area contributed by atoms with Gasteiger partial charge in [-0.15, -0.1) is 0 Å². The Kier molecular flexibility index (Phi) is 3.45. The van der Waals surface area contributed by atoms with Crippen LogP contribution in [0.1, 0.15) is 5.56 Å². The molecule has 0 aromatic heterocycles. The fourth-order valence-electron chi connectivity index (χ4n) is 0.872. The van der Waals surface area contributed by atoms with E-state index in [9.17, 15) is 4.79 Å². The lowest BCUT2D eigenvalue weighted by Gasteiger charge is -2.06. The van der Waals surface area contributed by atoms with Crippen LogP contribution in [0.2, 0.25) is 0 Å². The van der Waals surface area contributed by atoms with Gasteiger partial charge in [-0.1, -0.05) is 42.5 Å². The predicted octanol–water partition coefficient (Wildman–Crippen LogP) is 1.79. The van der Waals surface area contributed by atoms with Crippen LogP contribution >= 0.6 is 24.8 Å². The number of rotatable bonds is 3. The summed E-state index contributed by atoms with van der Waals surface area (Å²) in [5.41, 5.74) is 0.736. The van der Waals surface area contributed by atoms with Crippen molar-refractivity contribution in [3.63, 3.8) is 0 Å². The number of aliphatic carboxylic acids is 1. The van der Waals surface area contributed by atoms with E-state index in [2.05, 4.69) is 12.6 Å². The van der Waals surface area contributed by atoms with Gasteiger partial charge < -0.3 is 5.11 Å². The summed E-state index contributed by atoms with van der Waals surface area (Å²) in [4.78, 5) is 10.9. The van der Waals surface area contributed by atoms with Crippen molar-refractivity contribution in [1.82, 2.24) is 0 Å². The first-order valence-corrected chi connectivity index (χ1v) is 4.55. The minimum atomic E-state index is -1.02. The molecule has 0 spiro atoms. The summed E-state index contributed by atoms with van der Waals surface area (Å²) in [6, 6.07) is 9.01. The molecular formula is C9H8O2S2. The van der Waals surface area contributed by atoms with Crippen LogP contribution in [-0.2, 0) is 4.79 Å². The Hall–Kier alpha value is -0.870. The van der Waals surface area contributed by atoms with Gasteiger partial charge >= 0.3 is 5.97 Å². The van der Waals surface area contributed by atoms with E-state index in [1.165, 1.54) is 0 Å². The molecule has 68 valence electrons. The van der Waals surface area contributed by atoms with Gasteiger partial charge in [-0.3, -0.25) is 4.79 Å². The molecule has 1 rings (SSSR count). The normalized spacial score (nSPS) is 12.1. The van der Waals surface area contributed by atoms with E-state index in [1.807, 2.05) is 18.2 Å². The number of carboxylic acids is 1. The van der Waals surface area contributed by atoms with Crippen molar-refractivity contribution in [2.75, 3.05) is 0 Å². The molecule has 0 unspecified atom stereocenters. The molecule has 0 bridgehead atoms. The van der Waals surface area contributed by atoms with E-state index >= 15 is 0 Å². The van der Waals surface area contributed by atoms with Crippen LogP contribution in [0.5, 0.6) is 0 Å².